The first-order valence-electron chi connectivity index (χ1n) is 8.87. The van der Waals surface area contributed by atoms with Gasteiger partial charge in [-0.15, -0.1) is 0 Å². The van der Waals surface area contributed by atoms with Gasteiger partial charge in [0.25, 0.3) is 11.8 Å². The summed E-state index contributed by atoms with van der Waals surface area (Å²) in [5, 5.41) is 4.58. The molecule has 6 nitrogen and oxygen atoms in total. The predicted octanol–water partition coefficient (Wildman–Crippen LogP) is 2.45. The van der Waals surface area contributed by atoms with Gasteiger partial charge >= 0.3 is 0 Å². The molecule has 2 atom stereocenters. The van der Waals surface area contributed by atoms with Crippen LogP contribution in [0.3, 0.4) is 0 Å². The van der Waals surface area contributed by atoms with Gasteiger partial charge in [-0.25, -0.2) is 0 Å². The van der Waals surface area contributed by atoms with Gasteiger partial charge in [-0.05, 0) is 30.9 Å². The van der Waals surface area contributed by atoms with Crippen molar-refractivity contribution in [2.75, 3.05) is 19.6 Å². The Labute approximate surface area is 157 Å². The highest BCUT2D eigenvalue weighted by molar-refractivity contribution is 6.33. The summed E-state index contributed by atoms with van der Waals surface area (Å²) in [6.45, 7) is 1.89. The number of amides is 2. The largest absolute Gasteiger partial charge is 0.336 e. The van der Waals surface area contributed by atoms with Crippen molar-refractivity contribution in [1.82, 2.24) is 19.6 Å². The molecule has 2 aromatic rings. The molecule has 3 aliphatic heterocycles. The highest BCUT2D eigenvalue weighted by Crippen LogP contribution is 2.30. The number of nitrogens with zero attached hydrogens (tertiary/aromatic N) is 4. The molecule has 0 spiro atoms. The van der Waals surface area contributed by atoms with E-state index in [2.05, 4.69) is 5.10 Å². The van der Waals surface area contributed by atoms with Crippen LogP contribution in [0.25, 0.3) is 0 Å². The summed E-state index contributed by atoms with van der Waals surface area (Å²) >= 11 is 6.17. The second-order valence-electron chi connectivity index (χ2n) is 7.13. The van der Waals surface area contributed by atoms with Crippen LogP contribution in [0, 0.1) is 5.92 Å². The van der Waals surface area contributed by atoms with Crippen molar-refractivity contribution in [2.24, 2.45) is 13.0 Å². The number of piperidine rings is 1. The van der Waals surface area contributed by atoms with Gasteiger partial charge in [-0.3, -0.25) is 14.3 Å². The number of benzene rings is 1. The van der Waals surface area contributed by atoms with Crippen molar-refractivity contribution in [2.45, 2.75) is 18.9 Å². The van der Waals surface area contributed by atoms with Gasteiger partial charge in [0.2, 0.25) is 0 Å². The molecule has 0 N–H and O–H groups in total. The third-order valence-electron chi connectivity index (χ3n) is 5.27. The van der Waals surface area contributed by atoms with E-state index >= 15 is 0 Å². The third-order valence-corrected chi connectivity index (χ3v) is 5.55. The fraction of sp³-hybridized carbons (Fsp3) is 0.421. The van der Waals surface area contributed by atoms with Crippen LogP contribution in [0.4, 0.5) is 0 Å². The molecule has 0 saturated carbocycles. The van der Waals surface area contributed by atoms with Crippen LogP contribution in [-0.2, 0) is 7.05 Å². The summed E-state index contributed by atoms with van der Waals surface area (Å²) in [5.41, 5.74) is 0.988. The third kappa shape index (κ3) is 3.09. The first-order valence-corrected chi connectivity index (χ1v) is 9.25. The molecule has 3 saturated heterocycles. The molecule has 1 aromatic heterocycles. The molecule has 2 amide bonds. The minimum absolute atomic E-state index is 0.00647. The van der Waals surface area contributed by atoms with E-state index in [1.54, 1.807) is 17.9 Å². The van der Waals surface area contributed by atoms with Crippen molar-refractivity contribution in [3.63, 3.8) is 0 Å². The highest BCUT2D eigenvalue weighted by atomic mass is 35.5. The Morgan fingerprint density at radius 1 is 1.08 bits per heavy atom. The molecule has 0 radical (unpaired) electrons. The number of carbonyl (C=O) groups excluding carboxylic acids is 2. The molecule has 136 valence electrons. The highest BCUT2D eigenvalue weighted by Gasteiger charge is 2.40. The fourth-order valence-corrected chi connectivity index (χ4v) is 4.26. The first kappa shape index (κ1) is 17.1. The molecule has 3 fully saturated rings. The Balaban J connectivity index is 1.56. The maximum atomic E-state index is 13.0. The lowest BCUT2D eigenvalue weighted by Gasteiger charge is -2.35. The molecule has 5 rings (SSSR count). The zero-order valence-corrected chi connectivity index (χ0v) is 15.4. The summed E-state index contributed by atoms with van der Waals surface area (Å²) in [5.74, 6) is 0.180. The molecular formula is C19H21ClN4O2. The van der Waals surface area contributed by atoms with Crippen molar-refractivity contribution in [1.29, 1.82) is 0 Å². The molecule has 0 unspecified atom stereocenters. The number of aromatic nitrogens is 2. The summed E-state index contributed by atoms with van der Waals surface area (Å²) in [6.07, 6.45) is 3.57. The van der Waals surface area contributed by atoms with Gasteiger partial charge in [0, 0.05) is 44.5 Å². The Bertz CT molecular complexity index is 835. The molecule has 3 aliphatic rings. The van der Waals surface area contributed by atoms with E-state index in [1.807, 2.05) is 40.1 Å². The average Bonchev–Trinajstić information content (AvgIpc) is 2.82. The van der Waals surface area contributed by atoms with Gasteiger partial charge in [-0.1, -0.05) is 29.8 Å². The van der Waals surface area contributed by atoms with E-state index in [4.69, 9.17) is 11.6 Å². The normalized spacial score (nSPS) is 22.4. The van der Waals surface area contributed by atoms with Gasteiger partial charge in [0.15, 0.2) is 5.69 Å². The molecule has 7 heteroatoms. The van der Waals surface area contributed by atoms with Gasteiger partial charge < -0.3 is 9.80 Å². The van der Waals surface area contributed by atoms with Crippen LogP contribution in [0.5, 0.6) is 0 Å². The maximum absolute atomic E-state index is 13.0. The maximum Gasteiger partial charge on any atom is 0.276 e. The number of hydrogen-bond donors (Lipinski definition) is 0. The standard InChI is InChI=1S/C19H21ClN4O2/c1-22-12-16(20)17(21-22)19(26)24-10-13-7-8-15(24)11-23(9-13)18(25)14-5-3-2-4-6-14/h2-6,12-13,15H,7-11H2,1H3/t13-,15+/m1/s1. The average molecular weight is 373 g/mol. The number of rotatable bonds is 2. The van der Waals surface area contributed by atoms with Crippen LogP contribution in [-0.4, -0.2) is 57.1 Å². The summed E-state index contributed by atoms with van der Waals surface area (Å²) in [4.78, 5) is 29.6. The van der Waals surface area contributed by atoms with Crippen LogP contribution < -0.4 is 0 Å². The van der Waals surface area contributed by atoms with E-state index < -0.39 is 0 Å². The molecular weight excluding hydrogens is 352 g/mol. The molecule has 0 aliphatic carbocycles. The fourth-order valence-electron chi connectivity index (χ4n) is 4.00. The van der Waals surface area contributed by atoms with Gasteiger partial charge in [0.1, 0.15) is 0 Å². The minimum atomic E-state index is -0.140. The van der Waals surface area contributed by atoms with Crippen molar-refractivity contribution in [3.05, 3.63) is 52.8 Å². The summed E-state index contributed by atoms with van der Waals surface area (Å²) < 4.78 is 1.55. The van der Waals surface area contributed by atoms with Crippen LogP contribution >= 0.6 is 11.6 Å². The van der Waals surface area contributed by atoms with E-state index in [9.17, 15) is 9.59 Å². The van der Waals surface area contributed by atoms with Crippen molar-refractivity contribution in [3.8, 4) is 0 Å². The van der Waals surface area contributed by atoms with E-state index in [-0.39, 0.29) is 23.8 Å². The number of halogens is 1. The van der Waals surface area contributed by atoms with E-state index in [1.165, 1.54) is 0 Å². The van der Waals surface area contributed by atoms with Crippen LogP contribution in [0.2, 0.25) is 5.02 Å². The summed E-state index contributed by atoms with van der Waals surface area (Å²) in [6, 6.07) is 9.33. The van der Waals surface area contributed by atoms with E-state index in [0.717, 1.165) is 12.8 Å². The zero-order valence-electron chi connectivity index (χ0n) is 14.6. The number of fused-ring (bicyclic) bond motifs is 4. The van der Waals surface area contributed by atoms with Gasteiger partial charge in [-0.2, -0.15) is 5.10 Å². The molecule has 2 bridgehead atoms. The topological polar surface area (TPSA) is 58.4 Å². The number of carbonyl (C=O) groups is 2. The Morgan fingerprint density at radius 3 is 2.54 bits per heavy atom. The predicted molar refractivity (Wildman–Crippen MR) is 98.1 cm³/mol. The minimum Gasteiger partial charge on any atom is -0.336 e. The Kier molecular flexibility index (Phi) is 4.44. The van der Waals surface area contributed by atoms with Crippen LogP contribution in [0.1, 0.15) is 33.7 Å². The SMILES string of the molecule is Cn1cc(Cl)c(C(=O)N2C[C@@H]3CC[C@H]2CN(C(=O)c2ccccc2)C3)n1. The number of hydrogen-bond acceptors (Lipinski definition) is 3. The molecule has 1 aromatic carbocycles. The van der Waals surface area contributed by atoms with Gasteiger partial charge in [0.05, 0.1) is 5.02 Å². The second kappa shape index (κ2) is 6.76. The summed E-state index contributed by atoms with van der Waals surface area (Å²) in [7, 11) is 1.75. The lowest BCUT2D eigenvalue weighted by atomic mass is 9.94. The smallest absolute Gasteiger partial charge is 0.276 e. The quantitative estimate of drug-likeness (QED) is 0.813. The first-order chi connectivity index (χ1) is 12.5. The lowest BCUT2D eigenvalue weighted by Crippen LogP contribution is -2.48. The lowest BCUT2D eigenvalue weighted by molar-refractivity contribution is 0.0568. The number of aryl methyl sites for hydroxylation is 1. The zero-order chi connectivity index (χ0) is 18.3. The Morgan fingerprint density at radius 2 is 1.85 bits per heavy atom. The van der Waals surface area contributed by atoms with E-state index in [0.29, 0.717) is 35.9 Å². The Hall–Kier alpha value is -2.34. The monoisotopic (exact) mass is 372 g/mol. The molecule has 4 heterocycles. The van der Waals surface area contributed by atoms with Crippen molar-refractivity contribution < 1.29 is 9.59 Å². The van der Waals surface area contributed by atoms with Crippen molar-refractivity contribution >= 4 is 23.4 Å². The second-order valence-corrected chi connectivity index (χ2v) is 7.54. The van der Waals surface area contributed by atoms with Crippen LogP contribution in [0.15, 0.2) is 36.5 Å². The molecule has 26 heavy (non-hydrogen) atoms.